The SMILES string of the molecule is C[C@@H]1C[C@@H]2CN(C(=O)c3cc4ccccc4s3)CC[C@@H]2O1. The molecule has 110 valence electrons. The fourth-order valence-electron chi connectivity index (χ4n) is 3.62. The molecule has 0 N–H and O–H groups in total. The van der Waals surface area contributed by atoms with E-state index < -0.39 is 0 Å². The summed E-state index contributed by atoms with van der Waals surface area (Å²) < 4.78 is 7.10. The number of amides is 1. The average Bonchev–Trinajstić information content (AvgIpc) is 3.07. The van der Waals surface area contributed by atoms with Gasteiger partial charge < -0.3 is 9.64 Å². The highest BCUT2D eigenvalue weighted by atomic mass is 32.1. The minimum atomic E-state index is 0.189. The third kappa shape index (κ3) is 2.36. The van der Waals surface area contributed by atoms with Crippen molar-refractivity contribution < 1.29 is 9.53 Å². The molecule has 21 heavy (non-hydrogen) atoms. The average molecular weight is 301 g/mol. The van der Waals surface area contributed by atoms with Gasteiger partial charge >= 0.3 is 0 Å². The maximum Gasteiger partial charge on any atom is 0.263 e. The molecule has 0 unspecified atom stereocenters. The number of rotatable bonds is 1. The first-order valence-corrected chi connectivity index (χ1v) is 8.45. The van der Waals surface area contributed by atoms with Gasteiger partial charge in [0.25, 0.3) is 5.91 Å². The summed E-state index contributed by atoms with van der Waals surface area (Å²) in [5, 5.41) is 1.17. The Morgan fingerprint density at radius 1 is 1.38 bits per heavy atom. The van der Waals surface area contributed by atoms with Crippen LogP contribution in [0.15, 0.2) is 30.3 Å². The summed E-state index contributed by atoms with van der Waals surface area (Å²) in [6, 6.07) is 10.2. The second kappa shape index (κ2) is 5.11. The predicted octanol–water partition coefficient (Wildman–Crippen LogP) is 3.54. The minimum absolute atomic E-state index is 0.189. The zero-order valence-electron chi connectivity index (χ0n) is 12.1. The number of carbonyl (C=O) groups is 1. The quantitative estimate of drug-likeness (QED) is 0.806. The first kappa shape index (κ1) is 13.3. The molecule has 4 heteroatoms. The first-order chi connectivity index (χ1) is 10.2. The number of likely N-dealkylation sites (tertiary alicyclic amines) is 1. The van der Waals surface area contributed by atoms with E-state index in [0.29, 0.717) is 18.1 Å². The number of carbonyl (C=O) groups excluding carboxylic acids is 1. The Bertz CT molecular complexity index is 647. The second-order valence-corrected chi connectivity index (χ2v) is 7.25. The van der Waals surface area contributed by atoms with Gasteiger partial charge in [-0.15, -0.1) is 11.3 Å². The molecular weight excluding hydrogens is 282 g/mol. The van der Waals surface area contributed by atoms with E-state index in [0.717, 1.165) is 30.8 Å². The van der Waals surface area contributed by atoms with Gasteiger partial charge in [-0.25, -0.2) is 0 Å². The molecule has 1 aromatic heterocycles. The molecule has 4 rings (SSSR count). The van der Waals surface area contributed by atoms with Crippen LogP contribution in [0.4, 0.5) is 0 Å². The predicted molar refractivity (Wildman–Crippen MR) is 84.8 cm³/mol. The van der Waals surface area contributed by atoms with E-state index in [4.69, 9.17) is 4.74 Å². The van der Waals surface area contributed by atoms with Gasteiger partial charge in [0.15, 0.2) is 0 Å². The minimum Gasteiger partial charge on any atom is -0.375 e. The van der Waals surface area contributed by atoms with Crippen molar-refractivity contribution in [1.82, 2.24) is 4.90 Å². The number of nitrogens with zero attached hydrogens (tertiary/aromatic N) is 1. The summed E-state index contributed by atoms with van der Waals surface area (Å²) in [5.74, 6) is 0.710. The largest absolute Gasteiger partial charge is 0.375 e. The number of ether oxygens (including phenoxy) is 1. The molecule has 3 heterocycles. The molecule has 0 spiro atoms. The molecule has 1 amide bonds. The van der Waals surface area contributed by atoms with Crippen LogP contribution in [0.2, 0.25) is 0 Å². The second-order valence-electron chi connectivity index (χ2n) is 6.17. The van der Waals surface area contributed by atoms with Gasteiger partial charge in [0, 0.05) is 23.7 Å². The molecule has 0 aliphatic carbocycles. The lowest BCUT2D eigenvalue weighted by Gasteiger charge is -2.33. The number of piperidine rings is 1. The van der Waals surface area contributed by atoms with E-state index in [9.17, 15) is 4.79 Å². The summed E-state index contributed by atoms with van der Waals surface area (Å²) in [6.07, 6.45) is 2.78. The van der Waals surface area contributed by atoms with Gasteiger partial charge in [0.1, 0.15) is 0 Å². The molecule has 2 fully saturated rings. The van der Waals surface area contributed by atoms with Crippen molar-refractivity contribution in [2.24, 2.45) is 5.92 Å². The lowest BCUT2D eigenvalue weighted by Crippen LogP contribution is -2.44. The number of hydrogen-bond acceptors (Lipinski definition) is 3. The zero-order valence-corrected chi connectivity index (χ0v) is 12.9. The molecule has 0 radical (unpaired) electrons. The Balaban J connectivity index is 1.54. The van der Waals surface area contributed by atoms with E-state index in [1.165, 1.54) is 10.1 Å². The summed E-state index contributed by atoms with van der Waals surface area (Å²) >= 11 is 1.60. The number of fused-ring (bicyclic) bond motifs is 2. The van der Waals surface area contributed by atoms with E-state index in [-0.39, 0.29) is 5.91 Å². The summed E-state index contributed by atoms with van der Waals surface area (Å²) in [7, 11) is 0. The first-order valence-electron chi connectivity index (χ1n) is 7.64. The van der Waals surface area contributed by atoms with Crippen LogP contribution in [0, 0.1) is 5.92 Å². The number of benzene rings is 1. The van der Waals surface area contributed by atoms with E-state index in [1.54, 1.807) is 11.3 Å². The summed E-state index contributed by atoms with van der Waals surface area (Å²) in [4.78, 5) is 15.6. The van der Waals surface area contributed by atoms with E-state index in [2.05, 4.69) is 19.1 Å². The van der Waals surface area contributed by atoms with Crippen molar-refractivity contribution in [2.75, 3.05) is 13.1 Å². The molecule has 1 aromatic carbocycles. The van der Waals surface area contributed by atoms with Crippen LogP contribution in [0.25, 0.3) is 10.1 Å². The third-order valence-electron chi connectivity index (χ3n) is 4.63. The van der Waals surface area contributed by atoms with Crippen molar-refractivity contribution >= 4 is 27.3 Å². The molecule has 2 aromatic rings. The van der Waals surface area contributed by atoms with Crippen molar-refractivity contribution in [3.05, 3.63) is 35.2 Å². The van der Waals surface area contributed by atoms with Gasteiger partial charge in [-0.3, -0.25) is 4.79 Å². The molecule has 3 atom stereocenters. The lowest BCUT2D eigenvalue weighted by molar-refractivity contribution is 0.00878. The van der Waals surface area contributed by atoms with Crippen molar-refractivity contribution in [3.63, 3.8) is 0 Å². The summed E-state index contributed by atoms with van der Waals surface area (Å²) in [6.45, 7) is 3.81. The fourth-order valence-corrected chi connectivity index (χ4v) is 4.65. The fraction of sp³-hybridized carbons (Fsp3) is 0.471. The number of hydrogen-bond donors (Lipinski definition) is 0. The van der Waals surface area contributed by atoms with Crippen molar-refractivity contribution in [2.45, 2.75) is 32.0 Å². The molecule has 2 saturated heterocycles. The third-order valence-corrected chi connectivity index (χ3v) is 5.73. The van der Waals surface area contributed by atoms with Crippen LogP contribution in [0.3, 0.4) is 0 Å². The van der Waals surface area contributed by atoms with Crippen LogP contribution in [-0.2, 0) is 4.74 Å². The van der Waals surface area contributed by atoms with Gasteiger partial charge in [0.2, 0.25) is 0 Å². The molecule has 0 bridgehead atoms. The highest BCUT2D eigenvalue weighted by Crippen LogP contribution is 2.34. The highest BCUT2D eigenvalue weighted by Gasteiger charge is 2.38. The Labute approximate surface area is 128 Å². The molecule has 0 saturated carbocycles. The maximum absolute atomic E-state index is 12.7. The molecule has 2 aliphatic heterocycles. The van der Waals surface area contributed by atoms with Crippen molar-refractivity contribution in [3.8, 4) is 0 Å². The Morgan fingerprint density at radius 2 is 2.24 bits per heavy atom. The van der Waals surface area contributed by atoms with Gasteiger partial charge in [-0.1, -0.05) is 18.2 Å². The smallest absolute Gasteiger partial charge is 0.263 e. The highest BCUT2D eigenvalue weighted by molar-refractivity contribution is 7.20. The molecular formula is C17H19NO2S. The molecule has 3 nitrogen and oxygen atoms in total. The van der Waals surface area contributed by atoms with E-state index >= 15 is 0 Å². The van der Waals surface area contributed by atoms with Crippen LogP contribution < -0.4 is 0 Å². The zero-order chi connectivity index (χ0) is 14.4. The van der Waals surface area contributed by atoms with Crippen LogP contribution in [0.1, 0.15) is 29.4 Å². The summed E-state index contributed by atoms with van der Waals surface area (Å²) in [5.41, 5.74) is 0. The Morgan fingerprint density at radius 3 is 3.10 bits per heavy atom. The molecule has 2 aliphatic rings. The lowest BCUT2D eigenvalue weighted by atomic mass is 9.93. The topological polar surface area (TPSA) is 29.5 Å². The van der Waals surface area contributed by atoms with Crippen molar-refractivity contribution in [1.29, 1.82) is 0 Å². The Hall–Kier alpha value is -1.39. The van der Waals surface area contributed by atoms with Gasteiger partial charge in [-0.05, 0) is 37.3 Å². The maximum atomic E-state index is 12.7. The van der Waals surface area contributed by atoms with Crippen LogP contribution in [-0.4, -0.2) is 36.1 Å². The Kier molecular flexibility index (Phi) is 3.23. The van der Waals surface area contributed by atoms with Crippen LogP contribution in [0.5, 0.6) is 0 Å². The number of thiophene rings is 1. The standard InChI is InChI=1S/C17H19NO2S/c1-11-8-13-10-18(7-6-14(13)20-11)17(19)16-9-12-4-2-3-5-15(12)21-16/h2-5,9,11,13-14H,6-8,10H2,1H3/t11-,13-,14+/m1/s1. The monoisotopic (exact) mass is 301 g/mol. The van der Waals surface area contributed by atoms with Gasteiger partial charge in [0.05, 0.1) is 17.1 Å². The van der Waals surface area contributed by atoms with Crippen LogP contribution >= 0.6 is 11.3 Å². The normalized spacial score (nSPS) is 28.8. The van der Waals surface area contributed by atoms with E-state index in [1.807, 2.05) is 23.1 Å². The van der Waals surface area contributed by atoms with Gasteiger partial charge in [-0.2, -0.15) is 0 Å².